The third kappa shape index (κ3) is 3.95. The molecule has 2 aromatic heterocycles. The highest BCUT2D eigenvalue weighted by atomic mass is 32.1. The average molecular weight is 331 g/mol. The first kappa shape index (κ1) is 16.1. The molecular formula is C17H21N3O2S. The van der Waals surface area contributed by atoms with Gasteiger partial charge >= 0.3 is 5.97 Å². The van der Waals surface area contributed by atoms with Gasteiger partial charge in [0.25, 0.3) is 0 Å². The molecule has 0 radical (unpaired) electrons. The number of hydrogen-bond donors (Lipinski definition) is 1. The molecule has 1 N–H and O–H groups in total. The Hall–Kier alpha value is -1.79. The van der Waals surface area contributed by atoms with E-state index < -0.39 is 5.97 Å². The second-order valence-corrected chi connectivity index (χ2v) is 7.07. The Morgan fingerprint density at radius 3 is 2.65 bits per heavy atom. The van der Waals surface area contributed by atoms with E-state index in [1.807, 2.05) is 0 Å². The smallest absolute Gasteiger partial charge is 0.356 e. The lowest BCUT2D eigenvalue weighted by Crippen LogP contribution is -2.32. The quantitative estimate of drug-likeness (QED) is 0.877. The molecule has 1 aliphatic carbocycles. The van der Waals surface area contributed by atoms with Gasteiger partial charge in [0.05, 0.1) is 18.1 Å². The summed E-state index contributed by atoms with van der Waals surface area (Å²) in [4.78, 5) is 23.0. The molecular weight excluding hydrogens is 310 g/mol. The van der Waals surface area contributed by atoms with Crippen LogP contribution >= 0.6 is 11.3 Å². The third-order valence-corrected chi connectivity index (χ3v) is 5.45. The molecule has 2 aromatic rings. The maximum Gasteiger partial charge on any atom is 0.356 e. The molecule has 0 bridgehead atoms. The lowest BCUT2D eigenvalue weighted by Gasteiger charge is -2.28. The van der Waals surface area contributed by atoms with Crippen molar-refractivity contribution in [2.24, 2.45) is 0 Å². The van der Waals surface area contributed by atoms with E-state index in [0.29, 0.717) is 6.04 Å². The van der Waals surface area contributed by atoms with Crippen LogP contribution in [0.3, 0.4) is 0 Å². The van der Waals surface area contributed by atoms with Gasteiger partial charge in [0.15, 0.2) is 5.69 Å². The minimum absolute atomic E-state index is 0.00438. The van der Waals surface area contributed by atoms with Gasteiger partial charge in [0.2, 0.25) is 0 Å². The summed E-state index contributed by atoms with van der Waals surface area (Å²) in [5.74, 6) is -1.04. The first-order valence-corrected chi connectivity index (χ1v) is 8.82. The van der Waals surface area contributed by atoms with Crippen molar-refractivity contribution in [3.63, 3.8) is 0 Å². The predicted molar refractivity (Wildman–Crippen MR) is 89.6 cm³/mol. The molecule has 0 atom stereocenters. The van der Waals surface area contributed by atoms with Gasteiger partial charge in [-0.2, -0.15) is 0 Å². The highest BCUT2D eigenvalue weighted by Crippen LogP contribution is 2.28. The topological polar surface area (TPSA) is 66.3 Å². The molecule has 1 aliphatic rings. The van der Waals surface area contributed by atoms with Gasteiger partial charge in [0.1, 0.15) is 0 Å². The highest BCUT2D eigenvalue weighted by molar-refractivity contribution is 7.10. The molecule has 6 heteroatoms. The third-order valence-electron chi connectivity index (χ3n) is 4.45. The van der Waals surface area contributed by atoms with Crippen molar-refractivity contribution in [2.75, 3.05) is 0 Å². The Balaban J connectivity index is 1.75. The molecule has 0 aliphatic heterocycles. The summed E-state index contributed by atoms with van der Waals surface area (Å²) >= 11 is 1.80. The van der Waals surface area contributed by atoms with Gasteiger partial charge in [-0.1, -0.05) is 12.8 Å². The van der Waals surface area contributed by atoms with Crippen LogP contribution in [-0.4, -0.2) is 32.0 Å². The summed E-state index contributed by atoms with van der Waals surface area (Å²) < 4.78 is 0. The van der Waals surface area contributed by atoms with Crippen molar-refractivity contribution < 1.29 is 9.90 Å². The number of hydrogen-bond acceptors (Lipinski definition) is 5. The Labute approximate surface area is 140 Å². The fourth-order valence-corrected chi connectivity index (χ4v) is 4.02. The molecule has 0 spiro atoms. The first-order valence-electron chi connectivity index (χ1n) is 7.94. The lowest BCUT2D eigenvalue weighted by molar-refractivity contribution is 0.0689. The van der Waals surface area contributed by atoms with Crippen LogP contribution in [0.15, 0.2) is 23.8 Å². The van der Waals surface area contributed by atoms with E-state index in [9.17, 15) is 4.79 Å². The van der Waals surface area contributed by atoms with Crippen molar-refractivity contribution in [1.29, 1.82) is 0 Å². The van der Waals surface area contributed by atoms with Gasteiger partial charge in [-0.05, 0) is 36.8 Å². The lowest BCUT2D eigenvalue weighted by atomic mass is 10.1. The molecule has 5 nitrogen and oxygen atoms in total. The molecule has 1 fully saturated rings. The van der Waals surface area contributed by atoms with Gasteiger partial charge in [-0.25, -0.2) is 9.78 Å². The normalized spacial score (nSPS) is 15.4. The zero-order chi connectivity index (χ0) is 16.2. The van der Waals surface area contributed by atoms with E-state index >= 15 is 0 Å². The molecule has 0 unspecified atom stereocenters. The fourth-order valence-electron chi connectivity index (χ4n) is 3.09. The number of carboxylic acids is 1. The van der Waals surface area contributed by atoms with Crippen LogP contribution in [0.5, 0.6) is 0 Å². The Morgan fingerprint density at radius 2 is 2.09 bits per heavy atom. The number of aromatic nitrogens is 2. The van der Waals surface area contributed by atoms with Crippen LogP contribution in [0, 0.1) is 6.92 Å². The summed E-state index contributed by atoms with van der Waals surface area (Å²) in [7, 11) is 0. The molecule has 3 rings (SSSR count). The summed E-state index contributed by atoms with van der Waals surface area (Å²) in [5, 5.41) is 11.1. The first-order chi connectivity index (χ1) is 11.1. The number of aromatic carboxylic acids is 1. The number of carboxylic acid groups (broad SMARTS) is 1. The van der Waals surface area contributed by atoms with Crippen molar-refractivity contribution >= 4 is 17.3 Å². The monoisotopic (exact) mass is 331 g/mol. The minimum atomic E-state index is -1.04. The minimum Gasteiger partial charge on any atom is -0.476 e. The van der Waals surface area contributed by atoms with Crippen LogP contribution in [-0.2, 0) is 13.1 Å². The van der Waals surface area contributed by atoms with Crippen LogP contribution in [0.2, 0.25) is 0 Å². The van der Waals surface area contributed by atoms with Crippen LogP contribution < -0.4 is 0 Å². The SMILES string of the molecule is Cc1ccsc1CN(Cc1cnc(C(=O)O)cn1)C1CCCC1. The van der Waals surface area contributed by atoms with Crippen molar-refractivity contribution in [3.05, 3.63) is 45.7 Å². The Bertz CT molecular complexity index is 663. The van der Waals surface area contributed by atoms with E-state index in [-0.39, 0.29) is 5.69 Å². The molecule has 0 amide bonds. The summed E-state index contributed by atoms with van der Waals surface area (Å²) in [5.41, 5.74) is 2.16. The molecule has 0 aromatic carbocycles. The van der Waals surface area contributed by atoms with E-state index in [1.54, 1.807) is 17.5 Å². The maximum atomic E-state index is 10.9. The van der Waals surface area contributed by atoms with Crippen molar-refractivity contribution in [2.45, 2.75) is 51.7 Å². The summed E-state index contributed by atoms with van der Waals surface area (Å²) in [6.45, 7) is 3.80. The van der Waals surface area contributed by atoms with Gasteiger partial charge in [0, 0.05) is 24.0 Å². The van der Waals surface area contributed by atoms with Gasteiger partial charge < -0.3 is 5.11 Å². The largest absolute Gasteiger partial charge is 0.476 e. The van der Waals surface area contributed by atoms with Crippen molar-refractivity contribution in [3.8, 4) is 0 Å². The van der Waals surface area contributed by atoms with Gasteiger partial charge in [-0.3, -0.25) is 9.88 Å². The Morgan fingerprint density at radius 1 is 1.30 bits per heavy atom. The second kappa shape index (κ2) is 7.19. The predicted octanol–water partition coefficient (Wildman–Crippen LogP) is 3.49. The Kier molecular flexibility index (Phi) is 5.03. The van der Waals surface area contributed by atoms with E-state index in [0.717, 1.165) is 18.8 Å². The van der Waals surface area contributed by atoms with E-state index in [1.165, 1.54) is 42.3 Å². The average Bonchev–Trinajstić information content (AvgIpc) is 3.19. The number of aryl methyl sites for hydroxylation is 1. The number of carbonyl (C=O) groups is 1. The standard InChI is InChI=1S/C17H21N3O2S/c1-12-6-7-23-16(12)11-20(14-4-2-3-5-14)10-13-8-19-15(9-18-13)17(21)22/h6-9,14H,2-5,10-11H2,1H3,(H,21,22). The maximum absolute atomic E-state index is 10.9. The summed E-state index contributed by atoms with van der Waals surface area (Å²) in [6, 6.07) is 2.74. The molecule has 1 saturated carbocycles. The van der Waals surface area contributed by atoms with E-state index in [2.05, 4.69) is 33.2 Å². The van der Waals surface area contributed by atoms with E-state index in [4.69, 9.17) is 5.11 Å². The number of nitrogens with zero attached hydrogens (tertiary/aromatic N) is 3. The van der Waals surface area contributed by atoms with Crippen LogP contribution in [0.4, 0.5) is 0 Å². The van der Waals surface area contributed by atoms with Crippen molar-refractivity contribution in [1.82, 2.24) is 14.9 Å². The molecule has 0 saturated heterocycles. The van der Waals surface area contributed by atoms with Crippen LogP contribution in [0.1, 0.15) is 52.3 Å². The second-order valence-electron chi connectivity index (χ2n) is 6.07. The molecule has 2 heterocycles. The fraction of sp³-hybridized carbons (Fsp3) is 0.471. The zero-order valence-electron chi connectivity index (χ0n) is 13.2. The zero-order valence-corrected chi connectivity index (χ0v) is 14.1. The molecule has 23 heavy (non-hydrogen) atoms. The molecule has 122 valence electrons. The van der Waals surface area contributed by atoms with Crippen LogP contribution in [0.25, 0.3) is 0 Å². The van der Waals surface area contributed by atoms with Gasteiger partial charge in [-0.15, -0.1) is 11.3 Å². The highest BCUT2D eigenvalue weighted by Gasteiger charge is 2.24. The number of rotatable bonds is 6. The number of thiophene rings is 1. The summed E-state index contributed by atoms with van der Waals surface area (Å²) in [6.07, 6.45) is 7.96.